The average Bonchev–Trinajstić information content (AvgIpc) is 2.57. The minimum Gasteiger partial charge on any atom is -0.373 e. The number of morpholine rings is 1. The zero-order chi connectivity index (χ0) is 17.5. The first-order valence-corrected chi connectivity index (χ1v) is 8.78. The molecule has 0 unspecified atom stereocenters. The highest BCUT2D eigenvalue weighted by Gasteiger charge is 2.26. The van der Waals surface area contributed by atoms with E-state index in [0.29, 0.717) is 13.2 Å². The van der Waals surface area contributed by atoms with Crippen molar-refractivity contribution in [1.82, 2.24) is 10.2 Å². The molecular weight excluding hydrogens is 304 g/mol. The fourth-order valence-electron chi connectivity index (χ4n) is 2.97. The Hall–Kier alpha value is -1.43. The number of nitrogens with one attached hydrogen (secondary N) is 1. The highest BCUT2D eigenvalue weighted by Crippen LogP contribution is 2.13. The summed E-state index contributed by atoms with van der Waals surface area (Å²) in [5, 5.41) is 3.00. The number of ether oxygens (including phenoxy) is 2. The SMILES string of the molecule is C[C@@H]1CN([C@H](C)CNC(=O)[C@H](C)OCc2ccccc2)C[C@@H](C)O1. The van der Waals surface area contributed by atoms with Gasteiger partial charge in [-0.05, 0) is 33.3 Å². The third kappa shape index (κ3) is 5.89. The van der Waals surface area contributed by atoms with Crippen molar-refractivity contribution >= 4 is 5.91 Å². The van der Waals surface area contributed by atoms with E-state index >= 15 is 0 Å². The van der Waals surface area contributed by atoms with Crippen LogP contribution >= 0.6 is 0 Å². The lowest BCUT2D eigenvalue weighted by atomic mass is 10.1. The Balaban J connectivity index is 1.71. The van der Waals surface area contributed by atoms with Gasteiger partial charge in [0.15, 0.2) is 0 Å². The summed E-state index contributed by atoms with van der Waals surface area (Å²) < 4.78 is 11.4. The van der Waals surface area contributed by atoms with Crippen molar-refractivity contribution in [3.05, 3.63) is 35.9 Å². The van der Waals surface area contributed by atoms with Crippen molar-refractivity contribution in [3.63, 3.8) is 0 Å². The number of hydrogen-bond acceptors (Lipinski definition) is 4. The molecule has 1 saturated heterocycles. The van der Waals surface area contributed by atoms with Crippen LogP contribution in [0.1, 0.15) is 33.3 Å². The Morgan fingerprint density at radius 1 is 1.25 bits per heavy atom. The largest absolute Gasteiger partial charge is 0.373 e. The molecule has 1 aromatic rings. The molecule has 2 rings (SSSR count). The number of carbonyl (C=O) groups is 1. The highest BCUT2D eigenvalue weighted by atomic mass is 16.5. The van der Waals surface area contributed by atoms with Gasteiger partial charge in [-0.15, -0.1) is 0 Å². The number of rotatable bonds is 7. The third-order valence-corrected chi connectivity index (χ3v) is 4.35. The monoisotopic (exact) mass is 334 g/mol. The summed E-state index contributed by atoms with van der Waals surface area (Å²) in [7, 11) is 0. The summed E-state index contributed by atoms with van der Waals surface area (Å²) in [6.45, 7) is 11.0. The molecule has 1 aliphatic heterocycles. The van der Waals surface area contributed by atoms with Crippen LogP contribution in [0.3, 0.4) is 0 Å². The second-order valence-corrected chi connectivity index (χ2v) is 6.74. The van der Waals surface area contributed by atoms with Gasteiger partial charge >= 0.3 is 0 Å². The van der Waals surface area contributed by atoms with Crippen molar-refractivity contribution in [2.75, 3.05) is 19.6 Å². The van der Waals surface area contributed by atoms with Crippen LogP contribution in [-0.2, 0) is 20.9 Å². The Morgan fingerprint density at radius 3 is 2.50 bits per heavy atom. The van der Waals surface area contributed by atoms with E-state index in [1.54, 1.807) is 6.92 Å². The van der Waals surface area contributed by atoms with Gasteiger partial charge in [0.25, 0.3) is 0 Å². The van der Waals surface area contributed by atoms with Crippen LogP contribution in [0, 0.1) is 0 Å². The van der Waals surface area contributed by atoms with Gasteiger partial charge in [-0.1, -0.05) is 30.3 Å². The smallest absolute Gasteiger partial charge is 0.248 e. The quantitative estimate of drug-likeness (QED) is 0.831. The lowest BCUT2D eigenvalue weighted by Gasteiger charge is -2.39. The molecule has 1 heterocycles. The maximum Gasteiger partial charge on any atom is 0.248 e. The van der Waals surface area contributed by atoms with Crippen molar-refractivity contribution in [2.45, 2.75) is 58.7 Å². The molecule has 1 amide bonds. The fraction of sp³-hybridized carbons (Fsp3) is 0.632. The minimum absolute atomic E-state index is 0.0628. The number of hydrogen-bond donors (Lipinski definition) is 1. The van der Waals surface area contributed by atoms with Crippen molar-refractivity contribution in [1.29, 1.82) is 0 Å². The van der Waals surface area contributed by atoms with Crippen LogP contribution in [-0.4, -0.2) is 54.8 Å². The van der Waals surface area contributed by atoms with E-state index in [4.69, 9.17) is 9.47 Å². The normalized spacial score (nSPS) is 24.3. The number of nitrogens with zero attached hydrogens (tertiary/aromatic N) is 1. The molecule has 1 N–H and O–H groups in total. The molecule has 0 spiro atoms. The molecule has 4 atom stereocenters. The van der Waals surface area contributed by atoms with Crippen molar-refractivity contribution in [3.8, 4) is 0 Å². The molecule has 5 nitrogen and oxygen atoms in total. The molecule has 0 bridgehead atoms. The highest BCUT2D eigenvalue weighted by molar-refractivity contribution is 5.80. The summed E-state index contributed by atoms with van der Waals surface area (Å²) >= 11 is 0. The first-order chi connectivity index (χ1) is 11.5. The lowest BCUT2D eigenvalue weighted by Crippen LogP contribution is -2.52. The van der Waals surface area contributed by atoms with Crippen molar-refractivity contribution in [2.24, 2.45) is 0 Å². The van der Waals surface area contributed by atoms with E-state index in [9.17, 15) is 4.79 Å². The van der Waals surface area contributed by atoms with Gasteiger partial charge in [-0.2, -0.15) is 0 Å². The first-order valence-electron chi connectivity index (χ1n) is 8.78. The summed E-state index contributed by atoms with van der Waals surface area (Å²) in [5.41, 5.74) is 1.07. The molecule has 0 radical (unpaired) electrons. The van der Waals surface area contributed by atoms with Crippen LogP contribution in [0.25, 0.3) is 0 Å². The molecule has 0 aromatic heterocycles. The van der Waals surface area contributed by atoms with Crippen LogP contribution in [0.15, 0.2) is 30.3 Å². The molecule has 1 fully saturated rings. The molecule has 24 heavy (non-hydrogen) atoms. The van der Waals surface area contributed by atoms with E-state index in [0.717, 1.165) is 18.7 Å². The second kappa shape index (κ2) is 9.16. The Kier molecular flexibility index (Phi) is 7.21. The standard InChI is InChI=1S/C19H30N2O3/c1-14(21-11-15(2)24-16(3)12-21)10-20-19(22)17(4)23-13-18-8-6-5-7-9-18/h5-9,14-17H,10-13H2,1-4H3,(H,20,22)/t14-,15-,16-,17+/m1/s1. The van der Waals surface area contributed by atoms with E-state index < -0.39 is 6.10 Å². The summed E-state index contributed by atoms with van der Waals surface area (Å²) in [6, 6.07) is 10.2. The van der Waals surface area contributed by atoms with Crippen molar-refractivity contribution < 1.29 is 14.3 Å². The third-order valence-electron chi connectivity index (χ3n) is 4.35. The number of amides is 1. The van der Waals surface area contributed by atoms with Gasteiger partial charge in [0.1, 0.15) is 6.10 Å². The van der Waals surface area contributed by atoms with Gasteiger partial charge in [0, 0.05) is 25.7 Å². The van der Waals surface area contributed by atoms with Crippen LogP contribution in [0.4, 0.5) is 0 Å². The number of carbonyl (C=O) groups excluding carboxylic acids is 1. The predicted octanol–water partition coefficient (Wildman–Crippen LogP) is 2.21. The summed E-state index contributed by atoms with van der Waals surface area (Å²) in [4.78, 5) is 14.6. The van der Waals surface area contributed by atoms with Gasteiger partial charge < -0.3 is 14.8 Å². The second-order valence-electron chi connectivity index (χ2n) is 6.74. The van der Waals surface area contributed by atoms with Gasteiger partial charge in [0.2, 0.25) is 5.91 Å². The topological polar surface area (TPSA) is 50.8 Å². The van der Waals surface area contributed by atoms with E-state index in [1.807, 2.05) is 30.3 Å². The average molecular weight is 334 g/mol. The maximum absolute atomic E-state index is 12.2. The van der Waals surface area contributed by atoms with Crippen LogP contribution < -0.4 is 5.32 Å². The summed E-state index contributed by atoms with van der Waals surface area (Å²) in [6.07, 6.45) is 0.0139. The predicted molar refractivity (Wildman–Crippen MR) is 94.7 cm³/mol. The van der Waals surface area contributed by atoms with Crippen LogP contribution in [0.5, 0.6) is 0 Å². The zero-order valence-electron chi connectivity index (χ0n) is 15.2. The lowest BCUT2D eigenvalue weighted by molar-refractivity contribution is -0.133. The first kappa shape index (κ1) is 18.9. The molecule has 1 aliphatic rings. The molecule has 5 heteroatoms. The van der Waals surface area contributed by atoms with Gasteiger partial charge in [-0.25, -0.2) is 0 Å². The molecule has 0 aliphatic carbocycles. The Morgan fingerprint density at radius 2 is 1.88 bits per heavy atom. The Bertz CT molecular complexity index is 499. The molecule has 1 aromatic carbocycles. The molecule has 134 valence electrons. The van der Waals surface area contributed by atoms with Gasteiger partial charge in [0.05, 0.1) is 18.8 Å². The zero-order valence-corrected chi connectivity index (χ0v) is 15.2. The van der Waals surface area contributed by atoms with E-state index in [-0.39, 0.29) is 24.2 Å². The Labute approximate surface area is 145 Å². The van der Waals surface area contributed by atoms with E-state index in [1.165, 1.54) is 0 Å². The molecule has 0 saturated carbocycles. The minimum atomic E-state index is -0.458. The fourth-order valence-corrected chi connectivity index (χ4v) is 2.97. The molecular formula is C19H30N2O3. The maximum atomic E-state index is 12.2. The number of benzene rings is 1. The van der Waals surface area contributed by atoms with E-state index in [2.05, 4.69) is 31.0 Å². The van der Waals surface area contributed by atoms with Gasteiger partial charge in [-0.3, -0.25) is 9.69 Å². The van der Waals surface area contributed by atoms with Crippen LogP contribution in [0.2, 0.25) is 0 Å². The summed E-state index contributed by atoms with van der Waals surface area (Å²) in [5.74, 6) is -0.0628.